The summed E-state index contributed by atoms with van der Waals surface area (Å²) in [7, 11) is 0. The number of hydrogen-bond donors (Lipinski definition) is 1. The van der Waals surface area contributed by atoms with Crippen LogP contribution in [0.4, 0.5) is 10.5 Å². The fourth-order valence-corrected chi connectivity index (χ4v) is 3.60. The summed E-state index contributed by atoms with van der Waals surface area (Å²) in [5.41, 5.74) is 1.68. The molecular formula is C17H23N3O2S. The lowest BCUT2D eigenvalue weighted by molar-refractivity contribution is 0.0293. The van der Waals surface area contributed by atoms with Gasteiger partial charge in [-0.15, -0.1) is 11.3 Å². The number of nitrogens with zero attached hydrogens (tertiary/aromatic N) is 2. The van der Waals surface area contributed by atoms with Crippen LogP contribution in [0.15, 0.2) is 18.2 Å². The van der Waals surface area contributed by atoms with Crippen molar-refractivity contribution in [2.24, 2.45) is 0 Å². The number of aryl methyl sites for hydroxylation is 1. The predicted octanol–water partition coefficient (Wildman–Crippen LogP) is 4.03. The largest absolute Gasteiger partial charge is 0.444 e. The van der Waals surface area contributed by atoms with E-state index in [0.29, 0.717) is 6.54 Å². The molecule has 1 aromatic heterocycles. The Bertz CT molecular complexity index is 720. The first-order valence-electron chi connectivity index (χ1n) is 7.92. The topological polar surface area (TPSA) is 54.5 Å². The lowest BCUT2D eigenvalue weighted by atomic mass is 10.2. The Hall–Kier alpha value is -1.82. The number of carbonyl (C=O) groups is 1. The zero-order chi connectivity index (χ0) is 16.6. The number of benzene rings is 1. The van der Waals surface area contributed by atoms with E-state index in [2.05, 4.69) is 22.4 Å². The average Bonchev–Trinajstić information content (AvgIpc) is 3.02. The Morgan fingerprint density at radius 1 is 1.43 bits per heavy atom. The molecule has 124 valence electrons. The normalized spacial score (nSPS) is 18.4. The minimum atomic E-state index is -0.447. The van der Waals surface area contributed by atoms with Crippen molar-refractivity contribution in [3.05, 3.63) is 23.2 Å². The number of ether oxygens (including phenoxy) is 1. The average molecular weight is 333 g/mol. The lowest BCUT2D eigenvalue weighted by Gasteiger charge is -2.24. The van der Waals surface area contributed by atoms with Gasteiger partial charge in [0.15, 0.2) is 0 Å². The Labute approximate surface area is 140 Å². The smallest absolute Gasteiger partial charge is 0.410 e. The van der Waals surface area contributed by atoms with Gasteiger partial charge in [0.1, 0.15) is 5.60 Å². The summed E-state index contributed by atoms with van der Waals surface area (Å²) >= 11 is 1.70. The number of likely N-dealkylation sites (tertiary alicyclic amines) is 1. The van der Waals surface area contributed by atoms with Gasteiger partial charge < -0.3 is 15.0 Å². The van der Waals surface area contributed by atoms with Crippen molar-refractivity contribution < 1.29 is 9.53 Å². The highest BCUT2D eigenvalue weighted by molar-refractivity contribution is 7.18. The van der Waals surface area contributed by atoms with Crippen LogP contribution in [-0.4, -0.2) is 40.7 Å². The van der Waals surface area contributed by atoms with Gasteiger partial charge in [0.2, 0.25) is 0 Å². The molecule has 1 amide bonds. The van der Waals surface area contributed by atoms with Crippen LogP contribution in [0.3, 0.4) is 0 Å². The van der Waals surface area contributed by atoms with E-state index in [1.165, 1.54) is 4.70 Å². The van der Waals surface area contributed by atoms with Gasteiger partial charge in [-0.3, -0.25) is 0 Å². The zero-order valence-electron chi connectivity index (χ0n) is 14.0. The number of hydrogen-bond acceptors (Lipinski definition) is 5. The SMILES string of the molecule is Cc1nc2ccc(NC3CCN(C(=O)OC(C)(C)C)C3)cc2s1. The van der Waals surface area contributed by atoms with Gasteiger partial charge in [0, 0.05) is 24.8 Å². The summed E-state index contributed by atoms with van der Waals surface area (Å²) in [5, 5.41) is 4.60. The fraction of sp³-hybridized carbons (Fsp3) is 0.529. The van der Waals surface area contributed by atoms with Gasteiger partial charge in [0.05, 0.1) is 15.2 Å². The molecule has 1 aliphatic heterocycles. The van der Waals surface area contributed by atoms with E-state index in [1.54, 1.807) is 16.2 Å². The predicted molar refractivity (Wildman–Crippen MR) is 94.2 cm³/mol. The van der Waals surface area contributed by atoms with Crippen molar-refractivity contribution >= 4 is 33.3 Å². The number of fused-ring (bicyclic) bond motifs is 1. The Morgan fingerprint density at radius 3 is 2.96 bits per heavy atom. The summed E-state index contributed by atoms with van der Waals surface area (Å²) < 4.78 is 6.62. The molecule has 1 N–H and O–H groups in total. The van der Waals surface area contributed by atoms with E-state index in [4.69, 9.17) is 4.74 Å². The van der Waals surface area contributed by atoms with Crippen molar-refractivity contribution in [3.63, 3.8) is 0 Å². The number of thiazole rings is 1. The number of aromatic nitrogens is 1. The molecule has 2 aromatic rings. The van der Waals surface area contributed by atoms with Crippen molar-refractivity contribution in [3.8, 4) is 0 Å². The van der Waals surface area contributed by atoms with Crippen molar-refractivity contribution in [1.82, 2.24) is 9.88 Å². The minimum Gasteiger partial charge on any atom is -0.444 e. The molecule has 2 heterocycles. The molecule has 3 rings (SSSR count). The summed E-state index contributed by atoms with van der Waals surface area (Å²) in [6.07, 6.45) is 0.703. The number of nitrogens with one attached hydrogen (secondary N) is 1. The van der Waals surface area contributed by atoms with E-state index in [0.717, 1.165) is 29.2 Å². The van der Waals surface area contributed by atoms with E-state index in [1.807, 2.05) is 33.8 Å². The van der Waals surface area contributed by atoms with Crippen LogP contribution < -0.4 is 5.32 Å². The first-order valence-corrected chi connectivity index (χ1v) is 8.73. The van der Waals surface area contributed by atoms with Gasteiger partial charge in [-0.05, 0) is 52.3 Å². The highest BCUT2D eigenvalue weighted by Gasteiger charge is 2.29. The maximum absolute atomic E-state index is 12.1. The third kappa shape index (κ3) is 3.93. The number of rotatable bonds is 2. The van der Waals surface area contributed by atoms with Gasteiger partial charge in [0.25, 0.3) is 0 Å². The number of anilines is 1. The minimum absolute atomic E-state index is 0.227. The second-order valence-corrected chi connectivity index (χ2v) is 8.21. The second-order valence-electron chi connectivity index (χ2n) is 6.97. The Kier molecular flexibility index (Phi) is 4.19. The maximum atomic E-state index is 12.1. The third-order valence-corrected chi connectivity index (χ3v) is 4.64. The van der Waals surface area contributed by atoms with E-state index >= 15 is 0 Å². The fourth-order valence-electron chi connectivity index (χ4n) is 2.74. The molecule has 5 nitrogen and oxygen atoms in total. The van der Waals surface area contributed by atoms with Crippen LogP contribution in [0, 0.1) is 6.92 Å². The molecule has 6 heteroatoms. The van der Waals surface area contributed by atoms with E-state index < -0.39 is 5.60 Å². The van der Waals surface area contributed by atoms with Crippen LogP contribution in [0.2, 0.25) is 0 Å². The molecule has 0 radical (unpaired) electrons. The quantitative estimate of drug-likeness (QED) is 0.901. The molecule has 0 bridgehead atoms. The summed E-state index contributed by atoms with van der Waals surface area (Å²) in [4.78, 5) is 18.4. The molecule has 1 aliphatic rings. The lowest BCUT2D eigenvalue weighted by Crippen LogP contribution is -2.36. The maximum Gasteiger partial charge on any atom is 0.410 e. The van der Waals surface area contributed by atoms with E-state index in [-0.39, 0.29) is 12.1 Å². The molecule has 23 heavy (non-hydrogen) atoms. The monoisotopic (exact) mass is 333 g/mol. The summed E-state index contributed by atoms with van der Waals surface area (Å²) in [5.74, 6) is 0. The molecule has 0 spiro atoms. The molecule has 1 aromatic carbocycles. The molecular weight excluding hydrogens is 310 g/mol. The summed E-state index contributed by atoms with van der Waals surface area (Å²) in [6, 6.07) is 6.49. The zero-order valence-corrected chi connectivity index (χ0v) is 14.9. The molecule has 1 atom stereocenters. The van der Waals surface area contributed by atoms with Crippen LogP contribution >= 0.6 is 11.3 Å². The molecule has 1 fully saturated rings. The van der Waals surface area contributed by atoms with Crippen LogP contribution in [-0.2, 0) is 4.74 Å². The highest BCUT2D eigenvalue weighted by atomic mass is 32.1. The van der Waals surface area contributed by atoms with E-state index in [9.17, 15) is 4.79 Å². The number of carbonyl (C=O) groups excluding carboxylic acids is 1. The van der Waals surface area contributed by atoms with Crippen molar-refractivity contribution in [2.75, 3.05) is 18.4 Å². The first kappa shape index (κ1) is 16.1. The van der Waals surface area contributed by atoms with Gasteiger partial charge >= 0.3 is 6.09 Å². The van der Waals surface area contributed by atoms with Crippen LogP contribution in [0.25, 0.3) is 10.2 Å². The van der Waals surface area contributed by atoms with Gasteiger partial charge in [-0.2, -0.15) is 0 Å². The van der Waals surface area contributed by atoms with Gasteiger partial charge in [-0.1, -0.05) is 0 Å². The first-order chi connectivity index (χ1) is 10.8. The van der Waals surface area contributed by atoms with Crippen LogP contribution in [0.1, 0.15) is 32.2 Å². The summed E-state index contributed by atoms with van der Waals surface area (Å²) in [6.45, 7) is 9.10. The van der Waals surface area contributed by atoms with Crippen molar-refractivity contribution in [1.29, 1.82) is 0 Å². The molecule has 0 aliphatic carbocycles. The standard InChI is InChI=1S/C17H23N3O2S/c1-11-18-14-6-5-12(9-15(14)23-11)19-13-7-8-20(10-13)16(21)22-17(2,3)4/h5-6,9,13,19H,7-8,10H2,1-4H3. The third-order valence-electron chi connectivity index (χ3n) is 3.71. The molecule has 0 saturated carbocycles. The number of amides is 1. The second kappa shape index (κ2) is 6.00. The van der Waals surface area contributed by atoms with Crippen LogP contribution in [0.5, 0.6) is 0 Å². The highest BCUT2D eigenvalue weighted by Crippen LogP contribution is 2.26. The van der Waals surface area contributed by atoms with Gasteiger partial charge in [-0.25, -0.2) is 9.78 Å². The Morgan fingerprint density at radius 2 is 2.22 bits per heavy atom. The molecule has 1 saturated heterocycles. The molecule has 1 unspecified atom stereocenters. The Balaban J connectivity index is 1.61. The van der Waals surface area contributed by atoms with Crippen molar-refractivity contribution in [2.45, 2.75) is 45.8 Å².